The number of hydrazine groups is 1. The smallest absolute Gasteiger partial charge is 0.148 e. The second-order valence-electron chi connectivity index (χ2n) is 6.50. The summed E-state index contributed by atoms with van der Waals surface area (Å²) < 4.78 is 0. The van der Waals surface area contributed by atoms with Gasteiger partial charge in [-0.25, -0.2) is 15.8 Å². The van der Waals surface area contributed by atoms with E-state index in [4.69, 9.17) is 5.84 Å². The van der Waals surface area contributed by atoms with Crippen molar-refractivity contribution in [1.29, 1.82) is 0 Å². The van der Waals surface area contributed by atoms with Gasteiger partial charge in [0.2, 0.25) is 0 Å². The molecule has 0 aliphatic heterocycles. The molecule has 1 atom stereocenters. The molecule has 0 bridgehead atoms. The van der Waals surface area contributed by atoms with E-state index in [1.54, 1.807) is 0 Å². The first kappa shape index (κ1) is 16.7. The molecule has 0 fully saturated rings. The molecular formula is C15H29N5. The van der Waals surface area contributed by atoms with Crippen LogP contribution in [0.25, 0.3) is 0 Å². The molecule has 0 aromatic carbocycles. The zero-order valence-electron chi connectivity index (χ0n) is 13.7. The fourth-order valence-corrected chi connectivity index (χ4v) is 1.77. The lowest BCUT2D eigenvalue weighted by molar-refractivity contribution is 0.274. The molecule has 0 spiro atoms. The summed E-state index contributed by atoms with van der Waals surface area (Å²) in [5, 5.41) is 3.45. The molecule has 1 aromatic rings. The summed E-state index contributed by atoms with van der Waals surface area (Å²) in [7, 11) is 0. The molecule has 1 heterocycles. The van der Waals surface area contributed by atoms with Crippen molar-refractivity contribution in [2.75, 3.05) is 17.3 Å². The summed E-state index contributed by atoms with van der Waals surface area (Å²) in [4.78, 5) is 9.04. The van der Waals surface area contributed by atoms with Crippen molar-refractivity contribution in [3.63, 3.8) is 0 Å². The molecule has 5 nitrogen and oxygen atoms in total. The number of anilines is 2. The van der Waals surface area contributed by atoms with E-state index in [1.165, 1.54) is 0 Å². The van der Waals surface area contributed by atoms with Crippen LogP contribution in [0.2, 0.25) is 0 Å². The van der Waals surface area contributed by atoms with Crippen LogP contribution >= 0.6 is 0 Å². The molecule has 1 aromatic heterocycles. The highest BCUT2D eigenvalue weighted by atomic mass is 15.3. The molecule has 0 amide bonds. The third-order valence-corrected chi connectivity index (χ3v) is 3.86. The van der Waals surface area contributed by atoms with Crippen LogP contribution < -0.4 is 16.6 Å². The van der Waals surface area contributed by atoms with E-state index in [1.807, 2.05) is 6.92 Å². The Morgan fingerprint density at radius 3 is 2.30 bits per heavy atom. The van der Waals surface area contributed by atoms with Gasteiger partial charge in [0.05, 0.1) is 0 Å². The normalized spacial score (nSPS) is 13.2. The highest BCUT2D eigenvalue weighted by molar-refractivity contribution is 5.56. The Hall–Kier alpha value is -1.36. The zero-order valence-corrected chi connectivity index (χ0v) is 13.7. The van der Waals surface area contributed by atoms with E-state index < -0.39 is 0 Å². The second kappa shape index (κ2) is 6.88. The molecule has 20 heavy (non-hydrogen) atoms. The monoisotopic (exact) mass is 279 g/mol. The van der Waals surface area contributed by atoms with Crippen LogP contribution in [0, 0.1) is 18.3 Å². The molecule has 0 aliphatic carbocycles. The minimum atomic E-state index is 0.273. The van der Waals surface area contributed by atoms with Crippen molar-refractivity contribution in [2.24, 2.45) is 17.2 Å². The first-order valence-corrected chi connectivity index (χ1v) is 7.37. The Labute approximate surface area is 122 Å². The second-order valence-corrected chi connectivity index (χ2v) is 6.50. The molecule has 1 unspecified atom stereocenters. The van der Waals surface area contributed by atoms with Gasteiger partial charge in [0.25, 0.3) is 0 Å². The topological polar surface area (TPSA) is 75.9 Å². The fraction of sp³-hybridized carbons (Fsp3) is 0.733. The number of rotatable bonds is 6. The van der Waals surface area contributed by atoms with Gasteiger partial charge >= 0.3 is 0 Å². The van der Waals surface area contributed by atoms with Crippen molar-refractivity contribution in [1.82, 2.24) is 9.97 Å². The van der Waals surface area contributed by atoms with Crippen LogP contribution in [-0.4, -0.2) is 16.5 Å². The zero-order chi connectivity index (χ0) is 15.3. The van der Waals surface area contributed by atoms with Crippen LogP contribution in [0.1, 0.15) is 52.4 Å². The molecule has 0 radical (unpaired) electrons. The van der Waals surface area contributed by atoms with Gasteiger partial charge in [-0.05, 0) is 24.7 Å². The van der Waals surface area contributed by atoms with Gasteiger partial charge in [0.15, 0.2) is 0 Å². The molecular weight excluding hydrogens is 250 g/mol. The maximum Gasteiger partial charge on any atom is 0.148 e. The number of nitrogens with one attached hydrogen (secondary N) is 2. The summed E-state index contributed by atoms with van der Waals surface area (Å²) >= 11 is 0. The average Bonchev–Trinajstić information content (AvgIpc) is 2.37. The van der Waals surface area contributed by atoms with Crippen LogP contribution in [0.15, 0.2) is 0 Å². The largest absolute Gasteiger partial charge is 0.369 e. The number of hydrogen-bond donors (Lipinski definition) is 3. The Morgan fingerprint density at radius 1 is 1.20 bits per heavy atom. The van der Waals surface area contributed by atoms with Crippen molar-refractivity contribution in [2.45, 2.75) is 54.4 Å². The van der Waals surface area contributed by atoms with E-state index in [0.29, 0.717) is 11.7 Å². The third kappa shape index (κ3) is 4.34. The third-order valence-electron chi connectivity index (χ3n) is 3.86. The molecule has 4 N–H and O–H groups in total. The molecule has 1 rings (SSSR count). The predicted octanol–water partition coefficient (Wildman–Crippen LogP) is 3.12. The Morgan fingerprint density at radius 2 is 1.80 bits per heavy atom. The molecule has 0 aliphatic rings. The Bertz CT molecular complexity index is 437. The van der Waals surface area contributed by atoms with Crippen LogP contribution in [0.3, 0.4) is 0 Å². The van der Waals surface area contributed by atoms with E-state index in [-0.39, 0.29) is 5.41 Å². The minimum Gasteiger partial charge on any atom is -0.369 e. The molecule has 114 valence electrons. The Kier molecular flexibility index (Phi) is 5.74. The summed E-state index contributed by atoms with van der Waals surface area (Å²) in [6, 6.07) is 0. The fourth-order valence-electron chi connectivity index (χ4n) is 1.77. The highest BCUT2D eigenvalue weighted by Crippen LogP contribution is 2.26. The summed E-state index contributed by atoms with van der Waals surface area (Å²) in [5.74, 6) is 8.50. The quantitative estimate of drug-likeness (QED) is 0.551. The Balaban J connectivity index is 2.90. The van der Waals surface area contributed by atoms with E-state index in [0.717, 1.165) is 36.6 Å². The van der Waals surface area contributed by atoms with Crippen molar-refractivity contribution in [3.05, 3.63) is 11.4 Å². The van der Waals surface area contributed by atoms with Gasteiger partial charge < -0.3 is 10.7 Å². The standard InChI is InChI=1S/C15H29N5/c1-7-8-12-18-13(11(3)14(19-12)20-16)17-9-10(2)15(4,5)6/h10H,7-9,16H2,1-6H3,(H2,17,18,19,20). The maximum atomic E-state index is 5.54. The minimum absolute atomic E-state index is 0.273. The average molecular weight is 279 g/mol. The number of nitrogen functional groups attached to an aromatic ring is 1. The SMILES string of the molecule is CCCc1nc(NN)c(C)c(NCC(C)C(C)(C)C)n1. The van der Waals surface area contributed by atoms with Gasteiger partial charge in [-0.15, -0.1) is 0 Å². The number of aromatic nitrogens is 2. The van der Waals surface area contributed by atoms with E-state index >= 15 is 0 Å². The summed E-state index contributed by atoms with van der Waals surface area (Å²) in [5.41, 5.74) is 3.90. The summed E-state index contributed by atoms with van der Waals surface area (Å²) in [6.45, 7) is 14.0. The highest BCUT2D eigenvalue weighted by Gasteiger charge is 2.20. The van der Waals surface area contributed by atoms with Crippen molar-refractivity contribution in [3.8, 4) is 0 Å². The first-order chi connectivity index (χ1) is 9.29. The van der Waals surface area contributed by atoms with Gasteiger partial charge in [-0.2, -0.15) is 0 Å². The first-order valence-electron chi connectivity index (χ1n) is 7.37. The van der Waals surface area contributed by atoms with Gasteiger partial charge in [-0.1, -0.05) is 34.6 Å². The van der Waals surface area contributed by atoms with Crippen molar-refractivity contribution < 1.29 is 0 Å². The van der Waals surface area contributed by atoms with E-state index in [2.05, 4.69) is 55.3 Å². The van der Waals surface area contributed by atoms with Crippen molar-refractivity contribution >= 4 is 11.6 Å². The molecule has 0 saturated heterocycles. The van der Waals surface area contributed by atoms with Crippen LogP contribution in [0.5, 0.6) is 0 Å². The van der Waals surface area contributed by atoms with Crippen LogP contribution in [0.4, 0.5) is 11.6 Å². The van der Waals surface area contributed by atoms with Gasteiger partial charge in [-0.3, -0.25) is 0 Å². The molecule has 0 saturated carbocycles. The van der Waals surface area contributed by atoms with Crippen LogP contribution in [-0.2, 0) is 6.42 Å². The lowest BCUT2D eigenvalue weighted by atomic mass is 9.82. The lowest BCUT2D eigenvalue weighted by Gasteiger charge is -2.28. The predicted molar refractivity (Wildman–Crippen MR) is 85.7 cm³/mol. The lowest BCUT2D eigenvalue weighted by Crippen LogP contribution is -2.26. The van der Waals surface area contributed by atoms with E-state index in [9.17, 15) is 0 Å². The number of nitrogens with two attached hydrogens (primary N) is 1. The van der Waals surface area contributed by atoms with Gasteiger partial charge in [0.1, 0.15) is 17.5 Å². The van der Waals surface area contributed by atoms with Gasteiger partial charge in [0, 0.05) is 18.5 Å². The number of nitrogens with zero attached hydrogens (tertiary/aromatic N) is 2. The number of aryl methyl sites for hydroxylation is 1. The summed E-state index contributed by atoms with van der Waals surface area (Å²) in [6.07, 6.45) is 1.88. The maximum absolute atomic E-state index is 5.54. The number of hydrogen-bond acceptors (Lipinski definition) is 5. The molecule has 5 heteroatoms.